The van der Waals surface area contributed by atoms with Crippen LogP contribution in [0.5, 0.6) is 17.2 Å². The Morgan fingerprint density at radius 1 is 0.667 bits per heavy atom. The molecular weight excluding hydrogens is 552 g/mol. The highest BCUT2D eigenvalue weighted by molar-refractivity contribution is 5.71. The Bertz CT molecular complexity index is 1260. The second-order valence-electron chi connectivity index (χ2n) is 9.23. The summed E-state index contributed by atoms with van der Waals surface area (Å²) in [6.45, 7) is 4.31. The fourth-order valence-electron chi connectivity index (χ4n) is 4.19. The monoisotopic (exact) mass is 586 g/mol. The molecular formula is C30H34O12. The van der Waals surface area contributed by atoms with Crippen molar-refractivity contribution in [2.24, 2.45) is 0 Å². The van der Waals surface area contributed by atoms with Crippen molar-refractivity contribution in [2.45, 2.75) is 58.4 Å². The highest BCUT2D eigenvalue weighted by atomic mass is 16.7. The van der Waals surface area contributed by atoms with Gasteiger partial charge in [-0.3, -0.25) is 19.2 Å². The molecule has 0 aromatic heterocycles. The Balaban J connectivity index is 1.87. The number of hydrogen-bond donors (Lipinski definition) is 0. The van der Waals surface area contributed by atoms with Crippen molar-refractivity contribution in [3.8, 4) is 17.2 Å². The molecule has 0 saturated carbocycles. The summed E-state index contributed by atoms with van der Waals surface area (Å²) in [5, 5.41) is 0. The topological polar surface area (TPSA) is 142 Å². The van der Waals surface area contributed by atoms with Crippen LogP contribution in [0, 0.1) is 0 Å². The van der Waals surface area contributed by atoms with E-state index in [1.807, 2.05) is 24.3 Å². The van der Waals surface area contributed by atoms with Gasteiger partial charge in [0.15, 0.2) is 12.2 Å². The molecule has 0 amide bonds. The van der Waals surface area contributed by atoms with Crippen molar-refractivity contribution in [3.63, 3.8) is 0 Å². The zero-order valence-corrected chi connectivity index (χ0v) is 24.2. The van der Waals surface area contributed by atoms with E-state index in [0.717, 1.165) is 31.9 Å². The van der Waals surface area contributed by atoms with Crippen LogP contribution in [0.4, 0.5) is 0 Å². The molecule has 0 aliphatic carbocycles. The van der Waals surface area contributed by atoms with Crippen LogP contribution in [0.2, 0.25) is 0 Å². The van der Waals surface area contributed by atoms with Crippen LogP contribution in [-0.4, -0.2) is 75.4 Å². The number of ether oxygens (including phenoxy) is 8. The van der Waals surface area contributed by atoms with Gasteiger partial charge < -0.3 is 37.9 Å². The van der Waals surface area contributed by atoms with Gasteiger partial charge >= 0.3 is 23.9 Å². The summed E-state index contributed by atoms with van der Waals surface area (Å²) in [6, 6.07) is 12.4. The molecule has 42 heavy (non-hydrogen) atoms. The van der Waals surface area contributed by atoms with Gasteiger partial charge in [-0.2, -0.15) is 0 Å². The van der Waals surface area contributed by atoms with Crippen LogP contribution in [-0.2, 0) is 42.9 Å². The molecule has 12 nitrogen and oxygen atoms in total. The van der Waals surface area contributed by atoms with Gasteiger partial charge in [-0.05, 0) is 35.4 Å². The minimum Gasteiger partial charge on any atom is -0.497 e. The second-order valence-corrected chi connectivity index (χ2v) is 9.23. The summed E-state index contributed by atoms with van der Waals surface area (Å²) in [4.78, 5) is 47.4. The Kier molecular flexibility index (Phi) is 11.3. The van der Waals surface area contributed by atoms with Crippen molar-refractivity contribution < 1.29 is 57.1 Å². The molecule has 0 spiro atoms. The maximum Gasteiger partial charge on any atom is 0.303 e. The van der Waals surface area contributed by atoms with Gasteiger partial charge in [0.1, 0.15) is 30.0 Å². The smallest absolute Gasteiger partial charge is 0.303 e. The molecule has 5 unspecified atom stereocenters. The number of rotatable bonds is 11. The number of methoxy groups -OCH3 is 2. The lowest BCUT2D eigenvalue weighted by molar-refractivity contribution is -0.288. The Labute approximate surface area is 243 Å². The van der Waals surface area contributed by atoms with Gasteiger partial charge in [0.05, 0.1) is 14.2 Å². The average molecular weight is 587 g/mol. The fourth-order valence-corrected chi connectivity index (χ4v) is 4.19. The normalized spacial score (nSPS) is 21.6. The summed E-state index contributed by atoms with van der Waals surface area (Å²) in [7, 11) is 3.15. The summed E-state index contributed by atoms with van der Waals surface area (Å²) >= 11 is 0. The lowest BCUT2D eigenvalue weighted by Gasteiger charge is -2.43. The molecule has 1 aliphatic rings. The molecule has 5 atom stereocenters. The lowest BCUT2D eigenvalue weighted by atomic mass is 9.98. The zero-order valence-electron chi connectivity index (χ0n) is 24.2. The van der Waals surface area contributed by atoms with E-state index in [0.29, 0.717) is 17.2 Å². The SMILES string of the molecule is COc1cc(/C=C/c2ccc(OC3OC(COC(C)=O)C(OC(C)=O)C(OC(C)=O)C3OC(C)=O)cc2)cc(OC)c1. The summed E-state index contributed by atoms with van der Waals surface area (Å²) in [5.41, 5.74) is 1.70. The summed E-state index contributed by atoms with van der Waals surface area (Å²) < 4.78 is 43.9. The number of esters is 4. The van der Waals surface area contributed by atoms with Crippen molar-refractivity contribution in [1.29, 1.82) is 0 Å². The van der Waals surface area contributed by atoms with E-state index < -0.39 is 54.6 Å². The maximum absolute atomic E-state index is 12.0. The molecule has 1 fully saturated rings. The first-order valence-corrected chi connectivity index (χ1v) is 13.0. The van der Waals surface area contributed by atoms with Crippen molar-refractivity contribution in [1.82, 2.24) is 0 Å². The van der Waals surface area contributed by atoms with Gasteiger partial charge in [0, 0.05) is 33.8 Å². The fraction of sp³-hybridized carbons (Fsp3) is 0.400. The molecule has 3 rings (SSSR count). The minimum absolute atomic E-state index is 0.330. The minimum atomic E-state index is -1.33. The van der Waals surface area contributed by atoms with E-state index in [1.54, 1.807) is 44.6 Å². The summed E-state index contributed by atoms with van der Waals surface area (Å²) in [5.74, 6) is -1.14. The van der Waals surface area contributed by atoms with Crippen LogP contribution in [0.1, 0.15) is 38.8 Å². The van der Waals surface area contributed by atoms with Crippen molar-refractivity contribution in [2.75, 3.05) is 20.8 Å². The van der Waals surface area contributed by atoms with Crippen LogP contribution in [0.3, 0.4) is 0 Å². The highest BCUT2D eigenvalue weighted by Gasteiger charge is 2.53. The molecule has 0 bridgehead atoms. The number of benzene rings is 2. The predicted octanol–water partition coefficient (Wildman–Crippen LogP) is 3.34. The quantitative estimate of drug-likeness (QED) is 0.216. The van der Waals surface area contributed by atoms with Gasteiger partial charge in [0.25, 0.3) is 0 Å². The van der Waals surface area contributed by atoms with E-state index in [-0.39, 0.29) is 6.61 Å². The number of carbonyl (C=O) groups is 4. The van der Waals surface area contributed by atoms with Crippen LogP contribution in [0.25, 0.3) is 12.2 Å². The van der Waals surface area contributed by atoms with E-state index >= 15 is 0 Å². The number of carbonyl (C=O) groups excluding carboxylic acids is 4. The van der Waals surface area contributed by atoms with E-state index in [2.05, 4.69) is 0 Å². The first-order chi connectivity index (χ1) is 20.0. The molecule has 226 valence electrons. The third kappa shape index (κ3) is 9.23. The second kappa shape index (κ2) is 14.9. The summed E-state index contributed by atoms with van der Waals surface area (Å²) in [6.07, 6.45) is -2.58. The van der Waals surface area contributed by atoms with Crippen molar-refractivity contribution >= 4 is 36.0 Å². The highest BCUT2D eigenvalue weighted by Crippen LogP contribution is 2.31. The molecule has 0 N–H and O–H groups in total. The van der Waals surface area contributed by atoms with Crippen LogP contribution in [0.15, 0.2) is 42.5 Å². The molecule has 2 aromatic rings. The van der Waals surface area contributed by atoms with E-state index in [9.17, 15) is 19.2 Å². The van der Waals surface area contributed by atoms with E-state index in [4.69, 9.17) is 37.9 Å². The first-order valence-electron chi connectivity index (χ1n) is 13.0. The van der Waals surface area contributed by atoms with Crippen molar-refractivity contribution in [3.05, 3.63) is 53.6 Å². The Hall–Kier alpha value is -4.58. The standard InChI is InChI=1S/C30H34O12/c1-17(31)37-16-26-27(38-18(2)32)28(39-19(3)33)29(40-20(4)34)30(42-26)41-23-11-9-21(10-12-23)7-8-22-13-24(35-5)15-25(14-22)36-6/h7-15,26-30H,16H2,1-6H3/b8-7+. The zero-order chi connectivity index (χ0) is 30.8. The van der Waals surface area contributed by atoms with Crippen LogP contribution < -0.4 is 14.2 Å². The lowest BCUT2D eigenvalue weighted by Crippen LogP contribution is -2.63. The molecule has 1 aliphatic heterocycles. The molecule has 1 heterocycles. The molecule has 2 aromatic carbocycles. The average Bonchev–Trinajstić information content (AvgIpc) is 2.93. The largest absolute Gasteiger partial charge is 0.497 e. The predicted molar refractivity (Wildman–Crippen MR) is 147 cm³/mol. The van der Waals surface area contributed by atoms with Crippen LogP contribution >= 0.6 is 0 Å². The van der Waals surface area contributed by atoms with Gasteiger partial charge in [-0.15, -0.1) is 0 Å². The third-order valence-electron chi connectivity index (χ3n) is 5.92. The maximum atomic E-state index is 12.0. The van der Waals surface area contributed by atoms with Gasteiger partial charge in [-0.1, -0.05) is 24.3 Å². The molecule has 12 heteroatoms. The first kappa shape index (κ1) is 31.9. The van der Waals surface area contributed by atoms with Gasteiger partial charge in [0.2, 0.25) is 12.4 Å². The number of hydrogen-bond acceptors (Lipinski definition) is 12. The van der Waals surface area contributed by atoms with Gasteiger partial charge in [-0.25, -0.2) is 0 Å². The molecule has 1 saturated heterocycles. The molecule has 0 radical (unpaired) electrons. The Morgan fingerprint density at radius 2 is 1.19 bits per heavy atom. The van der Waals surface area contributed by atoms with E-state index in [1.165, 1.54) is 6.92 Å². The Morgan fingerprint density at radius 3 is 1.71 bits per heavy atom. The third-order valence-corrected chi connectivity index (χ3v) is 5.92.